The summed E-state index contributed by atoms with van der Waals surface area (Å²) in [4.78, 5) is 36.9. The number of fused-ring (bicyclic) bond motifs is 1. The topological polar surface area (TPSA) is 172 Å². The number of nitrogens with zero attached hydrogens (tertiary/aromatic N) is 4. The second-order valence-corrected chi connectivity index (χ2v) is 17.1. The minimum atomic E-state index is -4.53. The first-order valence-electron chi connectivity index (χ1n) is 18.7. The summed E-state index contributed by atoms with van der Waals surface area (Å²) in [6, 6.07) is 20.2. The predicted octanol–water partition coefficient (Wildman–Crippen LogP) is 6.98. The summed E-state index contributed by atoms with van der Waals surface area (Å²) in [6.45, 7) is 6.30. The van der Waals surface area contributed by atoms with Crippen molar-refractivity contribution in [3.63, 3.8) is 0 Å². The van der Waals surface area contributed by atoms with E-state index in [4.69, 9.17) is 21.1 Å². The van der Waals surface area contributed by atoms with E-state index in [-0.39, 0.29) is 28.3 Å². The number of carbonyl (C=O) groups excluding carboxylic acids is 1. The van der Waals surface area contributed by atoms with Crippen LogP contribution in [0.25, 0.3) is 11.0 Å². The van der Waals surface area contributed by atoms with Crippen molar-refractivity contribution >= 4 is 55.6 Å². The molecule has 1 amide bonds. The van der Waals surface area contributed by atoms with Crippen molar-refractivity contribution in [1.82, 2.24) is 19.6 Å². The highest BCUT2D eigenvalue weighted by molar-refractivity contribution is 7.90. The summed E-state index contributed by atoms with van der Waals surface area (Å²) >= 11 is 6.07. The first-order chi connectivity index (χ1) is 27.0. The molecule has 3 fully saturated rings. The Morgan fingerprint density at radius 1 is 1.04 bits per heavy atom. The smallest absolute Gasteiger partial charge is 0.293 e. The van der Waals surface area contributed by atoms with Gasteiger partial charge in [-0.15, -0.1) is 0 Å². The average molecular weight is 800 g/mol. The highest BCUT2D eigenvalue weighted by Gasteiger charge is 2.45. The number of likely N-dealkylation sites (tertiary alicyclic amines) is 1. The molecule has 0 atom stereocenters. The second-order valence-electron chi connectivity index (χ2n) is 14.9. The molecule has 0 radical (unpaired) electrons. The van der Waals surface area contributed by atoms with Gasteiger partial charge in [-0.3, -0.25) is 19.8 Å². The average Bonchev–Trinajstić information content (AvgIpc) is 3.66. The molecule has 16 heteroatoms. The number of nitro groups is 1. The zero-order valence-electron chi connectivity index (χ0n) is 30.6. The Bertz CT molecular complexity index is 2350. The molecule has 0 aliphatic carbocycles. The van der Waals surface area contributed by atoms with Gasteiger partial charge in [-0.2, -0.15) is 0 Å². The lowest BCUT2D eigenvalue weighted by atomic mass is 9.71. The van der Waals surface area contributed by atoms with Crippen LogP contribution in [0, 0.1) is 21.4 Å². The van der Waals surface area contributed by atoms with Crippen LogP contribution in [0.4, 0.5) is 17.1 Å². The molecule has 8 rings (SSSR count). The first kappa shape index (κ1) is 37.7. The molecule has 3 aliphatic heterocycles. The Labute approximate surface area is 329 Å². The molecule has 0 bridgehead atoms. The van der Waals surface area contributed by atoms with E-state index in [0.717, 1.165) is 80.6 Å². The highest BCUT2D eigenvalue weighted by Crippen LogP contribution is 2.44. The van der Waals surface area contributed by atoms with Gasteiger partial charge in [-0.05, 0) is 98.8 Å². The van der Waals surface area contributed by atoms with E-state index in [2.05, 4.69) is 41.9 Å². The van der Waals surface area contributed by atoms with Gasteiger partial charge in [0.05, 0.1) is 21.6 Å². The molecule has 56 heavy (non-hydrogen) atoms. The number of piperidine rings is 1. The molecule has 292 valence electrons. The van der Waals surface area contributed by atoms with Crippen molar-refractivity contribution in [3.8, 4) is 11.5 Å². The number of sulfonamides is 1. The Morgan fingerprint density at radius 2 is 1.80 bits per heavy atom. The number of halogens is 1. The van der Waals surface area contributed by atoms with Gasteiger partial charge in [0, 0.05) is 79.2 Å². The summed E-state index contributed by atoms with van der Waals surface area (Å²) < 4.78 is 40.9. The lowest BCUT2D eigenvalue weighted by Gasteiger charge is -2.55. The van der Waals surface area contributed by atoms with Crippen molar-refractivity contribution in [2.24, 2.45) is 11.3 Å². The summed E-state index contributed by atoms with van der Waals surface area (Å²) in [6.07, 6.45) is 7.06. The van der Waals surface area contributed by atoms with Crippen LogP contribution in [0.5, 0.6) is 11.5 Å². The molecule has 0 unspecified atom stereocenters. The molecule has 3 aromatic carbocycles. The van der Waals surface area contributed by atoms with Crippen LogP contribution in [0.15, 0.2) is 90.1 Å². The van der Waals surface area contributed by atoms with Crippen LogP contribution in [0.3, 0.4) is 0 Å². The molecule has 2 aromatic heterocycles. The quantitative estimate of drug-likeness (QED) is 0.0879. The van der Waals surface area contributed by atoms with Gasteiger partial charge in [0.1, 0.15) is 22.8 Å². The maximum absolute atomic E-state index is 13.8. The number of ether oxygens (including phenoxy) is 2. The fourth-order valence-corrected chi connectivity index (χ4v) is 8.91. The lowest BCUT2D eigenvalue weighted by Crippen LogP contribution is -2.60. The van der Waals surface area contributed by atoms with Crippen molar-refractivity contribution in [2.75, 3.05) is 56.2 Å². The molecule has 5 aromatic rings. The van der Waals surface area contributed by atoms with E-state index >= 15 is 0 Å². The molecular formula is C40H42ClN7O7S. The number of nitro benzene ring substituents is 1. The van der Waals surface area contributed by atoms with Crippen LogP contribution in [-0.2, 0) is 21.3 Å². The minimum absolute atomic E-state index is 0.0264. The number of hydrogen-bond acceptors (Lipinski definition) is 11. The Morgan fingerprint density at radius 3 is 2.55 bits per heavy atom. The fraction of sp³-hybridized carbons (Fsp3) is 0.350. The van der Waals surface area contributed by atoms with Crippen LogP contribution in [0.1, 0.15) is 41.6 Å². The third kappa shape index (κ3) is 8.31. The lowest BCUT2D eigenvalue weighted by molar-refractivity contribution is -0.384. The van der Waals surface area contributed by atoms with Gasteiger partial charge in [-0.25, -0.2) is 18.1 Å². The number of H-pyrrole nitrogens is 1. The maximum atomic E-state index is 13.8. The molecule has 3 N–H and O–H groups in total. The highest BCUT2D eigenvalue weighted by atomic mass is 35.5. The van der Waals surface area contributed by atoms with Crippen molar-refractivity contribution in [1.29, 1.82) is 0 Å². The van der Waals surface area contributed by atoms with Crippen molar-refractivity contribution < 1.29 is 27.6 Å². The van der Waals surface area contributed by atoms with Crippen LogP contribution < -0.4 is 19.7 Å². The predicted molar refractivity (Wildman–Crippen MR) is 213 cm³/mol. The third-order valence-electron chi connectivity index (χ3n) is 11.1. The zero-order valence-corrected chi connectivity index (χ0v) is 32.2. The number of benzene rings is 3. The van der Waals surface area contributed by atoms with Gasteiger partial charge >= 0.3 is 0 Å². The third-order valence-corrected chi connectivity index (χ3v) is 12.7. The SMILES string of the molecule is O=C(NS(=O)(=O)c1ccc(NCC2CCOCC2)c([N+](=O)[O-])c1)c1ccc(N2CC3(CCN(Cc4ccc(Cl)cc4)CC3)C2)cc1Oc1cnc2[nH]ccc2c1. The van der Waals surface area contributed by atoms with Gasteiger partial charge in [0.25, 0.3) is 21.6 Å². The van der Waals surface area contributed by atoms with E-state index in [1.54, 1.807) is 30.5 Å². The van der Waals surface area contributed by atoms with Crippen molar-refractivity contribution in [2.45, 2.75) is 37.1 Å². The van der Waals surface area contributed by atoms with Gasteiger partial charge in [0.15, 0.2) is 0 Å². The van der Waals surface area contributed by atoms with Gasteiger partial charge in [-0.1, -0.05) is 23.7 Å². The summed E-state index contributed by atoms with van der Waals surface area (Å²) in [7, 11) is -4.53. The van der Waals surface area contributed by atoms with Crippen LogP contribution >= 0.6 is 11.6 Å². The van der Waals surface area contributed by atoms with Crippen LogP contribution in [-0.4, -0.2) is 80.1 Å². The number of aromatic amines is 1. The van der Waals surface area contributed by atoms with E-state index < -0.39 is 31.4 Å². The van der Waals surface area contributed by atoms with Crippen molar-refractivity contribution in [3.05, 3.63) is 111 Å². The fourth-order valence-electron chi connectivity index (χ4n) is 7.80. The number of anilines is 2. The number of hydrogen-bond donors (Lipinski definition) is 3. The second kappa shape index (κ2) is 15.7. The Kier molecular flexibility index (Phi) is 10.6. The Hall–Kier alpha value is -5.22. The largest absolute Gasteiger partial charge is 0.455 e. The monoisotopic (exact) mass is 799 g/mol. The van der Waals surface area contributed by atoms with Gasteiger partial charge in [0.2, 0.25) is 0 Å². The van der Waals surface area contributed by atoms with Gasteiger partial charge < -0.3 is 24.7 Å². The molecule has 5 heterocycles. The zero-order chi connectivity index (χ0) is 38.9. The van der Waals surface area contributed by atoms with E-state index in [9.17, 15) is 23.3 Å². The summed E-state index contributed by atoms with van der Waals surface area (Å²) in [5.41, 5.74) is 2.69. The molecule has 3 aliphatic rings. The van der Waals surface area contributed by atoms with Crippen LogP contribution in [0.2, 0.25) is 5.02 Å². The molecule has 1 spiro atoms. The van der Waals surface area contributed by atoms with E-state index in [1.807, 2.05) is 18.2 Å². The maximum Gasteiger partial charge on any atom is 0.293 e. The number of pyridine rings is 1. The number of amides is 1. The van der Waals surface area contributed by atoms with E-state index in [1.165, 1.54) is 23.9 Å². The van der Waals surface area contributed by atoms with E-state index in [0.29, 0.717) is 31.2 Å². The number of nitrogens with one attached hydrogen (secondary N) is 3. The standard InChI is InChI=1S/C40H42ClN7O7S/c41-30-3-1-28(2-4-30)24-46-15-12-40(13-16-46)25-47(26-40)31-5-7-34(37(20-31)55-32-19-29-9-14-42-38(29)44-23-32)39(49)45-56(52,53)33-6-8-35(36(21-33)48(50)51)43-22-27-10-17-54-18-11-27/h1-9,14,19-21,23,27,43H,10-13,15-18,22,24-26H2,(H,42,44)(H,45,49). The normalized spacial score (nSPS) is 17.4. The molecular weight excluding hydrogens is 758 g/mol. The molecule has 14 nitrogen and oxygen atoms in total. The number of carbonyl (C=O) groups is 1. The molecule has 0 saturated carbocycles. The number of aromatic nitrogens is 2. The summed E-state index contributed by atoms with van der Waals surface area (Å²) in [5, 5.41) is 16.6. The number of rotatable bonds is 12. The summed E-state index contributed by atoms with van der Waals surface area (Å²) in [5.74, 6) is -0.163. The first-order valence-corrected chi connectivity index (χ1v) is 20.5. The Balaban J connectivity index is 0.983. The minimum Gasteiger partial charge on any atom is -0.455 e. The molecule has 3 saturated heterocycles.